The highest BCUT2D eigenvalue weighted by molar-refractivity contribution is 6.30. The molecule has 0 saturated carbocycles. The topological polar surface area (TPSA) is 29.4 Å². The Bertz CT molecular complexity index is 378. The molecule has 1 aromatic rings. The molecule has 0 aliphatic carbocycles. The molecule has 0 spiro atoms. The van der Waals surface area contributed by atoms with Gasteiger partial charge in [-0.25, -0.2) is 0 Å². The summed E-state index contributed by atoms with van der Waals surface area (Å²) < 4.78 is 37.5. The lowest BCUT2D eigenvalue weighted by Crippen LogP contribution is -2.10. The minimum absolute atomic E-state index is 0.147. The van der Waals surface area contributed by atoms with Crippen LogP contribution in [-0.4, -0.2) is 0 Å². The van der Waals surface area contributed by atoms with Gasteiger partial charge in [-0.15, -0.1) is 0 Å². The fraction of sp³-hybridized carbons (Fsp3) is 0.333. The number of hydrogen-bond donors (Lipinski definition) is 0. The number of benzene rings is 1. The lowest BCUT2D eigenvalue weighted by atomic mass is 10.0. The van der Waals surface area contributed by atoms with Crippen molar-refractivity contribution in [3.8, 4) is 0 Å². The van der Waals surface area contributed by atoms with Gasteiger partial charge >= 0.3 is 6.18 Å². The molecule has 0 heterocycles. The Kier molecular flexibility index (Phi) is 3.34. The van der Waals surface area contributed by atoms with E-state index < -0.39 is 17.8 Å². The minimum Gasteiger partial charge on any atom is -0.166 e. The van der Waals surface area contributed by atoms with Crippen molar-refractivity contribution in [1.82, 2.24) is 0 Å². The summed E-state index contributed by atoms with van der Waals surface area (Å²) in [5.41, 5.74) is -1.08. The Morgan fingerprint density at radius 2 is 2.00 bits per heavy atom. The van der Waals surface area contributed by atoms with E-state index in [9.17, 15) is 18.1 Å². The van der Waals surface area contributed by atoms with Gasteiger partial charge in [-0.3, -0.25) is 0 Å². The van der Waals surface area contributed by atoms with Gasteiger partial charge < -0.3 is 0 Å². The molecule has 0 fully saturated rings. The van der Waals surface area contributed by atoms with Gasteiger partial charge in [0.2, 0.25) is 0 Å². The molecule has 0 amide bonds. The lowest BCUT2D eigenvalue weighted by Gasteiger charge is -2.14. The number of halogens is 4. The SMILES string of the molecule is CC(N=O)c1cc(Cl)ccc1C(F)(F)F. The number of nitrogens with zero attached hydrogens (tertiary/aromatic N) is 1. The van der Waals surface area contributed by atoms with E-state index >= 15 is 0 Å². The first-order valence-corrected chi connectivity index (χ1v) is 4.43. The van der Waals surface area contributed by atoms with Crippen LogP contribution in [0.25, 0.3) is 0 Å². The zero-order valence-corrected chi connectivity index (χ0v) is 8.43. The number of hydrogen-bond acceptors (Lipinski definition) is 2. The van der Waals surface area contributed by atoms with Crippen molar-refractivity contribution in [2.75, 3.05) is 0 Å². The molecule has 1 aromatic carbocycles. The molecule has 0 N–H and O–H groups in total. The molecule has 6 heteroatoms. The van der Waals surface area contributed by atoms with Gasteiger partial charge in [0.15, 0.2) is 0 Å². The highest BCUT2D eigenvalue weighted by atomic mass is 35.5. The number of alkyl halides is 3. The molecule has 0 radical (unpaired) electrons. The minimum atomic E-state index is -4.50. The third-order valence-corrected chi connectivity index (χ3v) is 2.16. The first kappa shape index (κ1) is 12.0. The Hall–Kier alpha value is -1.10. The van der Waals surface area contributed by atoms with Crippen LogP contribution in [0.2, 0.25) is 5.02 Å². The van der Waals surface area contributed by atoms with Crippen LogP contribution in [0.15, 0.2) is 23.4 Å². The van der Waals surface area contributed by atoms with Crippen LogP contribution in [0.3, 0.4) is 0 Å². The molecule has 0 aliphatic rings. The summed E-state index contributed by atoms with van der Waals surface area (Å²) in [6, 6.07) is 2.02. The fourth-order valence-corrected chi connectivity index (χ4v) is 1.37. The molecule has 0 aliphatic heterocycles. The molecule has 0 saturated heterocycles. The maximum atomic E-state index is 12.5. The molecule has 0 bridgehead atoms. The summed E-state index contributed by atoms with van der Waals surface area (Å²) in [4.78, 5) is 10.2. The third-order valence-electron chi connectivity index (χ3n) is 1.93. The van der Waals surface area contributed by atoms with Gasteiger partial charge in [0, 0.05) is 5.02 Å². The monoisotopic (exact) mass is 237 g/mol. The first-order valence-electron chi connectivity index (χ1n) is 4.05. The number of rotatable bonds is 2. The van der Waals surface area contributed by atoms with Crippen LogP contribution in [0.1, 0.15) is 24.1 Å². The van der Waals surface area contributed by atoms with E-state index in [-0.39, 0.29) is 10.6 Å². The van der Waals surface area contributed by atoms with Crippen LogP contribution < -0.4 is 0 Å². The largest absolute Gasteiger partial charge is 0.416 e. The first-order chi connectivity index (χ1) is 6.86. The smallest absolute Gasteiger partial charge is 0.166 e. The highest BCUT2D eigenvalue weighted by Gasteiger charge is 2.34. The molecule has 82 valence electrons. The average Bonchev–Trinajstić information content (AvgIpc) is 2.14. The summed E-state index contributed by atoms with van der Waals surface area (Å²) in [5, 5.41) is 2.71. The molecule has 1 atom stereocenters. The summed E-state index contributed by atoms with van der Waals surface area (Å²) in [5.74, 6) is 0. The Labute approximate surface area is 89.0 Å². The van der Waals surface area contributed by atoms with Gasteiger partial charge in [0.05, 0.1) is 5.56 Å². The molecule has 2 nitrogen and oxygen atoms in total. The Morgan fingerprint density at radius 3 is 2.47 bits per heavy atom. The average molecular weight is 238 g/mol. The quantitative estimate of drug-likeness (QED) is 0.709. The second kappa shape index (κ2) is 4.18. The molecular weight excluding hydrogens is 231 g/mol. The van der Waals surface area contributed by atoms with E-state index in [1.54, 1.807) is 0 Å². The van der Waals surface area contributed by atoms with Crippen molar-refractivity contribution >= 4 is 11.6 Å². The lowest BCUT2D eigenvalue weighted by molar-refractivity contribution is -0.138. The van der Waals surface area contributed by atoms with E-state index in [2.05, 4.69) is 5.18 Å². The van der Waals surface area contributed by atoms with E-state index in [4.69, 9.17) is 11.6 Å². The van der Waals surface area contributed by atoms with E-state index in [1.165, 1.54) is 6.92 Å². The molecule has 0 aromatic heterocycles. The van der Waals surface area contributed by atoms with Crippen molar-refractivity contribution in [3.05, 3.63) is 39.3 Å². The van der Waals surface area contributed by atoms with Gasteiger partial charge in [-0.2, -0.15) is 18.1 Å². The van der Waals surface area contributed by atoms with Crippen LogP contribution in [0.5, 0.6) is 0 Å². The number of nitroso groups, excluding NO2 is 1. The molecule has 15 heavy (non-hydrogen) atoms. The van der Waals surface area contributed by atoms with Crippen molar-refractivity contribution < 1.29 is 13.2 Å². The summed E-state index contributed by atoms with van der Waals surface area (Å²) in [6.07, 6.45) is -4.50. The maximum absolute atomic E-state index is 12.5. The standard InChI is InChI=1S/C9H7ClF3NO/c1-5(14-15)7-4-6(10)2-3-8(7)9(11,12)13/h2-5H,1H3. The van der Waals surface area contributed by atoms with Crippen LogP contribution in [0, 0.1) is 4.91 Å². The zero-order valence-electron chi connectivity index (χ0n) is 7.68. The highest BCUT2D eigenvalue weighted by Crippen LogP contribution is 2.36. The van der Waals surface area contributed by atoms with Crippen LogP contribution in [0.4, 0.5) is 13.2 Å². The van der Waals surface area contributed by atoms with Gasteiger partial charge in [0.1, 0.15) is 6.04 Å². The van der Waals surface area contributed by atoms with Crippen molar-refractivity contribution in [1.29, 1.82) is 0 Å². The van der Waals surface area contributed by atoms with E-state index in [0.29, 0.717) is 0 Å². The fourth-order valence-electron chi connectivity index (χ4n) is 1.19. The predicted octanol–water partition coefficient (Wildman–Crippen LogP) is 4.19. The van der Waals surface area contributed by atoms with Crippen LogP contribution in [-0.2, 0) is 6.18 Å². The van der Waals surface area contributed by atoms with Crippen LogP contribution >= 0.6 is 11.6 Å². The summed E-state index contributed by atoms with van der Waals surface area (Å²) >= 11 is 5.56. The maximum Gasteiger partial charge on any atom is 0.416 e. The predicted molar refractivity (Wildman–Crippen MR) is 50.7 cm³/mol. The molecule has 1 rings (SSSR count). The summed E-state index contributed by atoms with van der Waals surface area (Å²) in [7, 11) is 0. The molecular formula is C9H7ClF3NO. The summed E-state index contributed by atoms with van der Waals surface area (Å²) in [6.45, 7) is 1.29. The van der Waals surface area contributed by atoms with Gasteiger partial charge in [-0.1, -0.05) is 16.8 Å². The van der Waals surface area contributed by atoms with Gasteiger partial charge in [0.25, 0.3) is 0 Å². The van der Waals surface area contributed by atoms with Gasteiger partial charge in [-0.05, 0) is 30.7 Å². The Balaban J connectivity index is 3.33. The Morgan fingerprint density at radius 1 is 1.40 bits per heavy atom. The molecule has 1 unspecified atom stereocenters. The van der Waals surface area contributed by atoms with Crippen molar-refractivity contribution in [2.24, 2.45) is 5.18 Å². The second-order valence-electron chi connectivity index (χ2n) is 3.01. The van der Waals surface area contributed by atoms with Crippen molar-refractivity contribution in [2.45, 2.75) is 19.1 Å². The van der Waals surface area contributed by atoms with E-state index in [0.717, 1.165) is 18.2 Å². The normalized spacial score (nSPS) is 13.7. The second-order valence-corrected chi connectivity index (χ2v) is 3.45. The van der Waals surface area contributed by atoms with Crippen molar-refractivity contribution in [3.63, 3.8) is 0 Å². The third kappa shape index (κ3) is 2.68. The zero-order chi connectivity index (χ0) is 11.6. The van der Waals surface area contributed by atoms with E-state index in [1.807, 2.05) is 0 Å².